The van der Waals surface area contributed by atoms with Crippen molar-refractivity contribution >= 4 is 0 Å². The molecular formula is C13H27NO. The zero-order valence-electron chi connectivity index (χ0n) is 10.6. The minimum Gasteiger partial charge on any atom is -0.380 e. The molecule has 1 unspecified atom stereocenters. The van der Waals surface area contributed by atoms with Crippen LogP contribution in [0.1, 0.15) is 46.5 Å². The highest BCUT2D eigenvalue weighted by Crippen LogP contribution is 2.27. The van der Waals surface area contributed by atoms with Gasteiger partial charge in [-0.2, -0.15) is 0 Å². The molecule has 1 aliphatic carbocycles. The van der Waals surface area contributed by atoms with E-state index in [1.54, 1.807) is 0 Å². The van der Waals surface area contributed by atoms with E-state index in [1.807, 2.05) is 0 Å². The lowest BCUT2D eigenvalue weighted by Crippen LogP contribution is -2.35. The number of hydrogen-bond acceptors (Lipinski definition) is 2. The van der Waals surface area contributed by atoms with Gasteiger partial charge in [-0.15, -0.1) is 0 Å². The van der Waals surface area contributed by atoms with Crippen LogP contribution in [-0.4, -0.2) is 25.8 Å². The summed E-state index contributed by atoms with van der Waals surface area (Å²) in [6.07, 6.45) is 5.67. The van der Waals surface area contributed by atoms with Gasteiger partial charge in [-0.25, -0.2) is 0 Å². The van der Waals surface area contributed by atoms with Gasteiger partial charge in [-0.1, -0.05) is 19.8 Å². The van der Waals surface area contributed by atoms with E-state index in [-0.39, 0.29) is 0 Å². The molecule has 2 nitrogen and oxygen atoms in total. The molecule has 1 N–H and O–H groups in total. The Balaban J connectivity index is 2.04. The number of nitrogens with one attached hydrogen (secondary N) is 1. The first-order chi connectivity index (χ1) is 7.22. The van der Waals surface area contributed by atoms with E-state index in [4.69, 9.17) is 4.74 Å². The molecule has 0 spiro atoms. The summed E-state index contributed by atoms with van der Waals surface area (Å²) in [6, 6.07) is 0.504. The normalized spacial score (nSPS) is 29.0. The molecule has 0 aromatic rings. The second kappa shape index (κ2) is 7.24. The van der Waals surface area contributed by atoms with E-state index in [0.29, 0.717) is 6.04 Å². The number of ether oxygens (including phenoxy) is 1. The van der Waals surface area contributed by atoms with Crippen LogP contribution in [0.3, 0.4) is 0 Å². The largest absolute Gasteiger partial charge is 0.380 e. The van der Waals surface area contributed by atoms with E-state index in [0.717, 1.165) is 25.0 Å². The molecule has 90 valence electrons. The SMILES string of the molecule is CCOCC(C)NCC1CCC(C)CC1. The molecule has 0 aromatic carbocycles. The first-order valence-corrected chi connectivity index (χ1v) is 6.53. The van der Waals surface area contributed by atoms with Crippen LogP contribution in [0.4, 0.5) is 0 Å². The fraction of sp³-hybridized carbons (Fsp3) is 1.00. The molecule has 1 atom stereocenters. The average Bonchev–Trinajstić information content (AvgIpc) is 2.25. The molecule has 0 radical (unpaired) electrons. The first kappa shape index (κ1) is 13.0. The molecule has 0 heterocycles. The van der Waals surface area contributed by atoms with E-state index < -0.39 is 0 Å². The fourth-order valence-corrected chi connectivity index (χ4v) is 2.25. The van der Waals surface area contributed by atoms with Gasteiger partial charge in [-0.3, -0.25) is 0 Å². The van der Waals surface area contributed by atoms with Crippen molar-refractivity contribution in [2.24, 2.45) is 11.8 Å². The second-order valence-corrected chi connectivity index (χ2v) is 5.09. The Hall–Kier alpha value is -0.0800. The minimum atomic E-state index is 0.504. The van der Waals surface area contributed by atoms with Crippen molar-refractivity contribution in [1.82, 2.24) is 5.32 Å². The van der Waals surface area contributed by atoms with Crippen LogP contribution < -0.4 is 5.32 Å². The maximum absolute atomic E-state index is 5.39. The first-order valence-electron chi connectivity index (χ1n) is 6.53. The van der Waals surface area contributed by atoms with Gasteiger partial charge in [-0.05, 0) is 45.1 Å². The molecule has 1 aliphatic rings. The Morgan fingerprint density at radius 2 is 1.93 bits per heavy atom. The summed E-state index contributed by atoms with van der Waals surface area (Å²) in [5.41, 5.74) is 0. The van der Waals surface area contributed by atoms with Crippen LogP contribution in [0.2, 0.25) is 0 Å². The second-order valence-electron chi connectivity index (χ2n) is 5.09. The lowest BCUT2D eigenvalue weighted by atomic mass is 9.83. The van der Waals surface area contributed by atoms with Crippen molar-refractivity contribution in [1.29, 1.82) is 0 Å². The monoisotopic (exact) mass is 213 g/mol. The predicted molar refractivity (Wildman–Crippen MR) is 65.1 cm³/mol. The van der Waals surface area contributed by atoms with Crippen molar-refractivity contribution in [3.63, 3.8) is 0 Å². The van der Waals surface area contributed by atoms with Crippen molar-refractivity contribution < 1.29 is 4.74 Å². The molecule has 1 saturated carbocycles. The third-order valence-corrected chi connectivity index (χ3v) is 3.46. The van der Waals surface area contributed by atoms with E-state index in [9.17, 15) is 0 Å². The van der Waals surface area contributed by atoms with Crippen molar-refractivity contribution in [2.75, 3.05) is 19.8 Å². The molecule has 0 saturated heterocycles. The van der Waals surface area contributed by atoms with Gasteiger partial charge in [0, 0.05) is 12.6 Å². The maximum atomic E-state index is 5.39. The third-order valence-electron chi connectivity index (χ3n) is 3.46. The molecule has 0 aromatic heterocycles. The molecule has 1 rings (SSSR count). The van der Waals surface area contributed by atoms with E-state index >= 15 is 0 Å². The van der Waals surface area contributed by atoms with Gasteiger partial charge in [0.1, 0.15) is 0 Å². The molecule has 0 aliphatic heterocycles. The van der Waals surface area contributed by atoms with Gasteiger partial charge in [0.2, 0.25) is 0 Å². The van der Waals surface area contributed by atoms with Gasteiger partial charge in [0.05, 0.1) is 6.61 Å². The highest BCUT2D eigenvalue weighted by atomic mass is 16.5. The molecular weight excluding hydrogens is 186 g/mol. The van der Waals surface area contributed by atoms with E-state index in [1.165, 1.54) is 32.2 Å². The van der Waals surface area contributed by atoms with Crippen molar-refractivity contribution in [3.8, 4) is 0 Å². The molecule has 1 fully saturated rings. The summed E-state index contributed by atoms with van der Waals surface area (Å²) in [6.45, 7) is 9.49. The summed E-state index contributed by atoms with van der Waals surface area (Å²) in [7, 11) is 0. The van der Waals surface area contributed by atoms with E-state index in [2.05, 4.69) is 26.1 Å². The van der Waals surface area contributed by atoms with Gasteiger partial charge >= 0.3 is 0 Å². The number of rotatable bonds is 6. The van der Waals surface area contributed by atoms with Crippen LogP contribution in [0.25, 0.3) is 0 Å². The Morgan fingerprint density at radius 3 is 2.53 bits per heavy atom. The highest BCUT2D eigenvalue weighted by Gasteiger charge is 2.18. The zero-order chi connectivity index (χ0) is 11.1. The molecule has 0 amide bonds. The molecule has 15 heavy (non-hydrogen) atoms. The Kier molecular flexibility index (Phi) is 6.26. The molecule has 0 bridgehead atoms. The standard InChI is InChI=1S/C13H27NO/c1-4-15-10-12(3)14-9-13-7-5-11(2)6-8-13/h11-14H,4-10H2,1-3H3. The third kappa shape index (κ3) is 5.53. The summed E-state index contributed by atoms with van der Waals surface area (Å²) < 4.78 is 5.39. The lowest BCUT2D eigenvalue weighted by molar-refractivity contribution is 0.124. The van der Waals surface area contributed by atoms with Crippen molar-refractivity contribution in [2.45, 2.75) is 52.5 Å². The Bertz CT molecular complexity index is 153. The summed E-state index contributed by atoms with van der Waals surface area (Å²) in [5.74, 6) is 1.87. The molecule has 2 heteroatoms. The van der Waals surface area contributed by atoms with Crippen LogP contribution in [0, 0.1) is 11.8 Å². The average molecular weight is 213 g/mol. The van der Waals surface area contributed by atoms with Gasteiger partial charge in [0.25, 0.3) is 0 Å². The van der Waals surface area contributed by atoms with Crippen LogP contribution in [0.5, 0.6) is 0 Å². The summed E-state index contributed by atoms with van der Waals surface area (Å²) >= 11 is 0. The Labute approximate surface area is 94.8 Å². The van der Waals surface area contributed by atoms with Gasteiger partial charge < -0.3 is 10.1 Å². The minimum absolute atomic E-state index is 0.504. The summed E-state index contributed by atoms with van der Waals surface area (Å²) in [5, 5.41) is 3.58. The quantitative estimate of drug-likeness (QED) is 0.732. The predicted octanol–water partition coefficient (Wildman–Crippen LogP) is 2.83. The highest BCUT2D eigenvalue weighted by molar-refractivity contribution is 4.73. The smallest absolute Gasteiger partial charge is 0.0616 e. The zero-order valence-corrected chi connectivity index (χ0v) is 10.6. The maximum Gasteiger partial charge on any atom is 0.0616 e. The van der Waals surface area contributed by atoms with Crippen LogP contribution in [0.15, 0.2) is 0 Å². The van der Waals surface area contributed by atoms with Crippen molar-refractivity contribution in [3.05, 3.63) is 0 Å². The summed E-state index contributed by atoms with van der Waals surface area (Å²) in [4.78, 5) is 0. The van der Waals surface area contributed by atoms with Crippen LogP contribution >= 0.6 is 0 Å². The van der Waals surface area contributed by atoms with Gasteiger partial charge in [0.15, 0.2) is 0 Å². The topological polar surface area (TPSA) is 21.3 Å². The Morgan fingerprint density at radius 1 is 1.27 bits per heavy atom. The lowest BCUT2D eigenvalue weighted by Gasteiger charge is -2.27. The number of hydrogen-bond donors (Lipinski definition) is 1. The van der Waals surface area contributed by atoms with Crippen LogP contribution in [-0.2, 0) is 4.74 Å². The fourth-order valence-electron chi connectivity index (χ4n) is 2.25.